The molecule has 2 saturated heterocycles. The van der Waals surface area contributed by atoms with E-state index < -0.39 is 0 Å². The molecule has 2 heterocycles. The van der Waals surface area contributed by atoms with Gasteiger partial charge in [-0.25, -0.2) is 0 Å². The maximum Gasteiger partial charge on any atom is 0.227 e. The number of nitrogens with zero attached hydrogens (tertiary/aromatic N) is 2. The Morgan fingerprint density at radius 3 is 2.42 bits per heavy atom. The number of carbonyl (C=O) groups excluding carboxylic acids is 1. The van der Waals surface area contributed by atoms with Crippen LogP contribution in [0.3, 0.4) is 0 Å². The van der Waals surface area contributed by atoms with Gasteiger partial charge in [0.15, 0.2) is 0 Å². The van der Waals surface area contributed by atoms with Crippen LogP contribution in [0.4, 0.5) is 0 Å². The standard InChI is InChI=1S/C31H44N2O3/c1-4-5-20-35-28-12-10-26(11-13-28)21-30(34)33-19-16-31(24-33)14-17-32(18-15-31)22-27-8-6-7-9-29(27)36-23-25(2)3/h6-13,25H,4-5,14-24H2,1-3H3. The van der Waals surface area contributed by atoms with E-state index >= 15 is 0 Å². The van der Waals surface area contributed by atoms with Gasteiger partial charge in [0.25, 0.3) is 0 Å². The number of ether oxygens (including phenoxy) is 2. The predicted octanol–water partition coefficient (Wildman–Crippen LogP) is 5.96. The number of unbranched alkanes of at least 4 members (excludes halogenated alkanes) is 1. The Morgan fingerprint density at radius 1 is 0.972 bits per heavy atom. The minimum Gasteiger partial charge on any atom is -0.494 e. The first-order valence-corrected chi connectivity index (χ1v) is 13.9. The lowest BCUT2D eigenvalue weighted by Gasteiger charge is -2.39. The zero-order valence-corrected chi connectivity index (χ0v) is 22.5. The fourth-order valence-corrected chi connectivity index (χ4v) is 5.34. The summed E-state index contributed by atoms with van der Waals surface area (Å²) in [5.41, 5.74) is 2.63. The number of carbonyl (C=O) groups is 1. The van der Waals surface area contributed by atoms with Crippen LogP contribution in [0.2, 0.25) is 0 Å². The Balaban J connectivity index is 1.24. The Labute approximate surface area is 217 Å². The summed E-state index contributed by atoms with van der Waals surface area (Å²) in [6.07, 6.45) is 6.12. The molecule has 2 fully saturated rings. The average Bonchev–Trinajstić information content (AvgIpc) is 3.30. The van der Waals surface area contributed by atoms with E-state index in [-0.39, 0.29) is 11.3 Å². The molecule has 196 valence electrons. The quantitative estimate of drug-likeness (QED) is 0.363. The molecule has 2 aliphatic heterocycles. The van der Waals surface area contributed by atoms with E-state index in [9.17, 15) is 4.79 Å². The Kier molecular flexibility index (Phi) is 9.30. The maximum atomic E-state index is 13.1. The fourth-order valence-electron chi connectivity index (χ4n) is 5.34. The van der Waals surface area contributed by atoms with Crippen molar-refractivity contribution in [3.8, 4) is 11.5 Å². The highest BCUT2D eigenvalue weighted by atomic mass is 16.5. The molecule has 0 atom stereocenters. The predicted molar refractivity (Wildman–Crippen MR) is 145 cm³/mol. The van der Waals surface area contributed by atoms with Crippen molar-refractivity contribution in [1.29, 1.82) is 0 Å². The van der Waals surface area contributed by atoms with Crippen molar-refractivity contribution in [2.75, 3.05) is 39.4 Å². The van der Waals surface area contributed by atoms with E-state index in [4.69, 9.17) is 9.47 Å². The maximum absolute atomic E-state index is 13.1. The van der Waals surface area contributed by atoms with Crippen LogP contribution in [0.1, 0.15) is 64.0 Å². The molecule has 0 unspecified atom stereocenters. The Bertz CT molecular complexity index is 964. The third kappa shape index (κ3) is 7.25. The van der Waals surface area contributed by atoms with Crippen molar-refractivity contribution >= 4 is 5.91 Å². The van der Waals surface area contributed by atoms with Crippen LogP contribution in [0.5, 0.6) is 11.5 Å². The normalized spacial score (nSPS) is 17.6. The summed E-state index contributed by atoms with van der Waals surface area (Å²) in [6, 6.07) is 16.5. The Hall–Kier alpha value is -2.53. The molecule has 0 saturated carbocycles. The van der Waals surface area contributed by atoms with Crippen LogP contribution < -0.4 is 9.47 Å². The first-order chi connectivity index (χ1) is 17.5. The van der Waals surface area contributed by atoms with Gasteiger partial charge in [-0.15, -0.1) is 0 Å². The molecule has 0 aliphatic carbocycles. The molecule has 0 bridgehead atoms. The van der Waals surface area contributed by atoms with E-state index in [0.717, 1.165) is 95.1 Å². The minimum absolute atomic E-state index is 0.255. The smallest absolute Gasteiger partial charge is 0.227 e. The summed E-state index contributed by atoms with van der Waals surface area (Å²) >= 11 is 0. The monoisotopic (exact) mass is 492 g/mol. The highest BCUT2D eigenvalue weighted by Gasteiger charge is 2.41. The molecule has 0 aromatic heterocycles. The number of hydrogen-bond acceptors (Lipinski definition) is 4. The van der Waals surface area contributed by atoms with Crippen molar-refractivity contribution in [1.82, 2.24) is 9.80 Å². The van der Waals surface area contributed by atoms with Crippen molar-refractivity contribution in [3.63, 3.8) is 0 Å². The molecule has 0 N–H and O–H groups in total. The number of likely N-dealkylation sites (tertiary alicyclic amines) is 2. The molecule has 5 heteroatoms. The molecule has 2 aromatic carbocycles. The van der Waals surface area contributed by atoms with E-state index in [2.05, 4.69) is 54.8 Å². The molecular formula is C31H44N2O3. The van der Waals surface area contributed by atoms with Crippen molar-refractivity contribution in [2.45, 2.75) is 65.8 Å². The fraction of sp³-hybridized carbons (Fsp3) is 0.581. The van der Waals surface area contributed by atoms with Crippen LogP contribution in [0.25, 0.3) is 0 Å². The van der Waals surface area contributed by atoms with Gasteiger partial charge < -0.3 is 14.4 Å². The summed E-state index contributed by atoms with van der Waals surface area (Å²) in [5, 5.41) is 0. The minimum atomic E-state index is 0.255. The summed E-state index contributed by atoms with van der Waals surface area (Å²) in [7, 11) is 0. The molecule has 36 heavy (non-hydrogen) atoms. The number of amides is 1. The zero-order valence-electron chi connectivity index (χ0n) is 22.5. The van der Waals surface area contributed by atoms with Gasteiger partial charge in [0.2, 0.25) is 5.91 Å². The van der Waals surface area contributed by atoms with Crippen LogP contribution in [0, 0.1) is 11.3 Å². The van der Waals surface area contributed by atoms with Gasteiger partial charge in [-0.1, -0.05) is 57.5 Å². The summed E-state index contributed by atoms with van der Waals surface area (Å²) in [6.45, 7) is 12.9. The van der Waals surface area contributed by atoms with Gasteiger partial charge in [0.1, 0.15) is 11.5 Å². The first kappa shape index (κ1) is 26.5. The van der Waals surface area contributed by atoms with Crippen LogP contribution >= 0.6 is 0 Å². The SMILES string of the molecule is CCCCOc1ccc(CC(=O)N2CCC3(CCN(Cc4ccccc4OCC(C)C)CC3)C2)cc1. The average molecular weight is 493 g/mol. The van der Waals surface area contributed by atoms with Crippen LogP contribution in [0.15, 0.2) is 48.5 Å². The van der Waals surface area contributed by atoms with Gasteiger partial charge in [-0.05, 0) is 73.9 Å². The van der Waals surface area contributed by atoms with E-state index in [1.165, 1.54) is 5.56 Å². The molecule has 4 rings (SSSR count). The molecule has 2 aliphatic rings. The van der Waals surface area contributed by atoms with E-state index in [1.807, 2.05) is 24.3 Å². The zero-order chi connectivity index (χ0) is 25.4. The van der Waals surface area contributed by atoms with E-state index in [0.29, 0.717) is 12.3 Å². The van der Waals surface area contributed by atoms with Crippen molar-refractivity contribution in [3.05, 3.63) is 59.7 Å². The number of rotatable bonds is 11. The molecule has 2 aromatic rings. The molecule has 1 spiro atoms. The third-order valence-electron chi connectivity index (χ3n) is 7.69. The lowest BCUT2D eigenvalue weighted by atomic mass is 9.77. The highest BCUT2D eigenvalue weighted by Crippen LogP contribution is 2.41. The number of hydrogen-bond donors (Lipinski definition) is 0. The first-order valence-electron chi connectivity index (χ1n) is 13.9. The summed E-state index contributed by atoms with van der Waals surface area (Å²) < 4.78 is 11.8. The van der Waals surface area contributed by atoms with E-state index in [1.54, 1.807) is 0 Å². The second-order valence-corrected chi connectivity index (χ2v) is 11.2. The van der Waals surface area contributed by atoms with Crippen molar-refractivity contribution < 1.29 is 14.3 Å². The molecule has 0 radical (unpaired) electrons. The third-order valence-corrected chi connectivity index (χ3v) is 7.69. The highest BCUT2D eigenvalue weighted by molar-refractivity contribution is 5.79. The topological polar surface area (TPSA) is 42.0 Å². The lowest BCUT2D eigenvalue weighted by molar-refractivity contribution is -0.130. The molecule has 1 amide bonds. The number of piperidine rings is 1. The summed E-state index contributed by atoms with van der Waals surface area (Å²) in [4.78, 5) is 17.7. The van der Waals surface area contributed by atoms with Crippen molar-refractivity contribution in [2.24, 2.45) is 11.3 Å². The van der Waals surface area contributed by atoms with Gasteiger partial charge >= 0.3 is 0 Å². The van der Waals surface area contributed by atoms with Gasteiger partial charge in [0, 0.05) is 25.2 Å². The number of benzene rings is 2. The lowest BCUT2D eigenvalue weighted by Crippen LogP contribution is -2.42. The summed E-state index contributed by atoms with van der Waals surface area (Å²) in [5.74, 6) is 2.68. The second kappa shape index (κ2) is 12.6. The second-order valence-electron chi connectivity index (χ2n) is 11.2. The van der Waals surface area contributed by atoms with Crippen LogP contribution in [-0.2, 0) is 17.8 Å². The van der Waals surface area contributed by atoms with Gasteiger partial charge in [-0.2, -0.15) is 0 Å². The molecule has 5 nitrogen and oxygen atoms in total. The van der Waals surface area contributed by atoms with Crippen LogP contribution in [-0.4, -0.2) is 55.1 Å². The molecular weight excluding hydrogens is 448 g/mol. The number of para-hydroxylation sites is 1. The van der Waals surface area contributed by atoms with Gasteiger partial charge in [-0.3, -0.25) is 9.69 Å². The van der Waals surface area contributed by atoms with Gasteiger partial charge in [0.05, 0.1) is 19.6 Å². The Morgan fingerprint density at radius 2 is 1.69 bits per heavy atom. The largest absolute Gasteiger partial charge is 0.494 e.